The highest BCUT2D eigenvalue weighted by molar-refractivity contribution is 5.96. The number of hydrogen-bond donors (Lipinski definition) is 4. The molecule has 15 nitrogen and oxygen atoms in total. The van der Waals surface area contributed by atoms with E-state index in [1.54, 1.807) is 14.2 Å². The first-order valence-electron chi connectivity index (χ1n) is 19.9. The van der Waals surface area contributed by atoms with E-state index in [0.29, 0.717) is 71.9 Å². The Morgan fingerprint density at radius 1 is 0.526 bits per heavy atom. The van der Waals surface area contributed by atoms with E-state index in [-0.39, 0.29) is 51.7 Å². The molecule has 5 amide bonds. The predicted molar refractivity (Wildman–Crippen MR) is 214 cm³/mol. The van der Waals surface area contributed by atoms with Gasteiger partial charge in [-0.3, -0.25) is 29.3 Å². The summed E-state index contributed by atoms with van der Waals surface area (Å²) >= 11 is 0. The Balaban J connectivity index is 1.68. The molecule has 318 valence electrons. The molecule has 2 aromatic carbocycles. The molecule has 0 saturated heterocycles. The monoisotopic (exact) mass is 800 g/mol. The number of nitrogens with one attached hydrogen (secondary N) is 4. The maximum atomic E-state index is 13.1. The third kappa shape index (κ3) is 26.3. The minimum absolute atomic E-state index is 0.0372. The van der Waals surface area contributed by atoms with Crippen molar-refractivity contribution in [2.75, 3.05) is 93.4 Å². The molecule has 0 aliphatic carbocycles. The molecule has 0 spiro atoms. The lowest BCUT2D eigenvalue weighted by Crippen LogP contribution is -2.48. The van der Waals surface area contributed by atoms with Crippen LogP contribution in [0.3, 0.4) is 0 Å². The molecule has 4 N–H and O–H groups in total. The van der Waals surface area contributed by atoms with Gasteiger partial charge in [0.25, 0.3) is 0 Å². The average Bonchev–Trinajstić information content (AvgIpc) is 3.20. The van der Waals surface area contributed by atoms with E-state index in [2.05, 4.69) is 45.5 Å². The first-order chi connectivity index (χ1) is 27.8. The van der Waals surface area contributed by atoms with E-state index in [9.17, 15) is 24.0 Å². The molecule has 2 rings (SSSR count). The van der Waals surface area contributed by atoms with E-state index in [1.165, 1.54) is 11.1 Å². The molecular weight excluding hydrogens is 736 g/mol. The molecule has 0 aromatic heterocycles. The summed E-state index contributed by atoms with van der Waals surface area (Å²) in [4.78, 5) is 62.7. The zero-order chi connectivity index (χ0) is 41.2. The second-order valence-electron chi connectivity index (χ2n) is 13.3. The summed E-state index contributed by atoms with van der Waals surface area (Å²) in [7, 11) is 3.16. The molecule has 57 heavy (non-hydrogen) atoms. The topological polar surface area (TPSA) is 189 Å². The SMILES string of the molecule is COCCOCCOCC(=O)NCCCC[C@H](NC(=O)COCCOCCOC)C(=O)NCCCC(=O)NC(=O)Cc1ccc(CCCCc2ccccc2)cc1. The van der Waals surface area contributed by atoms with Crippen LogP contribution in [0.2, 0.25) is 0 Å². The van der Waals surface area contributed by atoms with Gasteiger partial charge in [0.15, 0.2) is 0 Å². The van der Waals surface area contributed by atoms with Crippen molar-refractivity contribution in [1.29, 1.82) is 0 Å². The summed E-state index contributed by atoms with van der Waals surface area (Å²) in [6.07, 6.45) is 6.03. The Labute approximate surface area is 337 Å². The highest BCUT2D eigenvalue weighted by atomic mass is 16.5. The zero-order valence-electron chi connectivity index (χ0n) is 33.8. The van der Waals surface area contributed by atoms with Crippen LogP contribution in [0, 0.1) is 0 Å². The number of ether oxygens (including phenoxy) is 6. The van der Waals surface area contributed by atoms with Gasteiger partial charge in [-0.2, -0.15) is 0 Å². The van der Waals surface area contributed by atoms with Crippen LogP contribution in [0.15, 0.2) is 54.6 Å². The Hall–Kier alpha value is -4.25. The number of methoxy groups -OCH3 is 2. The van der Waals surface area contributed by atoms with Crippen LogP contribution in [-0.2, 0) is 71.7 Å². The molecule has 2 aromatic rings. The first-order valence-corrected chi connectivity index (χ1v) is 19.9. The maximum Gasteiger partial charge on any atom is 0.246 e. The lowest BCUT2D eigenvalue weighted by atomic mass is 10.0. The van der Waals surface area contributed by atoms with Crippen LogP contribution in [-0.4, -0.2) is 129 Å². The number of carbonyl (C=O) groups excluding carboxylic acids is 5. The number of rotatable bonds is 34. The van der Waals surface area contributed by atoms with Crippen LogP contribution < -0.4 is 21.3 Å². The van der Waals surface area contributed by atoms with Gasteiger partial charge in [-0.05, 0) is 68.1 Å². The third-order valence-electron chi connectivity index (χ3n) is 8.54. The molecule has 0 bridgehead atoms. The van der Waals surface area contributed by atoms with Crippen molar-refractivity contribution in [3.8, 4) is 0 Å². The van der Waals surface area contributed by atoms with E-state index in [4.69, 9.17) is 28.4 Å². The molecule has 0 radical (unpaired) electrons. The minimum atomic E-state index is -0.854. The summed E-state index contributed by atoms with van der Waals surface area (Å²) < 4.78 is 31.1. The molecule has 0 fully saturated rings. The van der Waals surface area contributed by atoms with Crippen LogP contribution in [0.5, 0.6) is 0 Å². The molecule has 0 aliphatic rings. The number of imide groups is 1. The number of carbonyl (C=O) groups is 5. The summed E-state index contributed by atoms with van der Waals surface area (Å²) in [5.74, 6) is -1.96. The molecule has 0 aliphatic heterocycles. The molecule has 15 heteroatoms. The van der Waals surface area contributed by atoms with Crippen molar-refractivity contribution in [3.63, 3.8) is 0 Å². The molecule has 0 saturated carbocycles. The number of aryl methyl sites for hydroxylation is 2. The van der Waals surface area contributed by atoms with Gasteiger partial charge >= 0.3 is 0 Å². The zero-order valence-corrected chi connectivity index (χ0v) is 33.8. The highest BCUT2D eigenvalue weighted by Crippen LogP contribution is 2.11. The van der Waals surface area contributed by atoms with Gasteiger partial charge in [0.2, 0.25) is 29.5 Å². The Morgan fingerprint density at radius 2 is 1.07 bits per heavy atom. The molecular formula is C42H64N4O11. The lowest BCUT2D eigenvalue weighted by molar-refractivity contribution is -0.132. The fraction of sp³-hybridized carbons (Fsp3) is 0.595. The van der Waals surface area contributed by atoms with E-state index >= 15 is 0 Å². The summed E-state index contributed by atoms with van der Waals surface area (Å²) in [5, 5.41) is 10.7. The van der Waals surface area contributed by atoms with Gasteiger partial charge < -0.3 is 44.4 Å². The molecule has 0 heterocycles. The van der Waals surface area contributed by atoms with E-state index < -0.39 is 29.7 Å². The van der Waals surface area contributed by atoms with Crippen molar-refractivity contribution >= 4 is 29.5 Å². The Morgan fingerprint density at radius 3 is 1.70 bits per heavy atom. The quantitative estimate of drug-likeness (QED) is 0.0762. The van der Waals surface area contributed by atoms with Crippen molar-refractivity contribution in [1.82, 2.24) is 21.3 Å². The fourth-order valence-corrected chi connectivity index (χ4v) is 5.47. The standard InChI is InChI=1S/C42H64N4O11/c1-52-23-25-54-27-29-56-32-40(49)43-21-9-8-15-37(45-41(50)33-57-30-28-55-26-24-53-2)42(51)44-22-10-16-38(47)46-39(48)31-36-19-17-35(18-20-36)14-7-6-13-34-11-4-3-5-12-34/h3-5,11-12,17-20,37H,6-10,13-16,21-33H2,1-2H3,(H,43,49)(H,44,51)(H,45,50)(H,46,47,48)/t37-/m0/s1. The number of hydrogen-bond acceptors (Lipinski definition) is 11. The van der Waals surface area contributed by atoms with Crippen LogP contribution in [0.1, 0.15) is 61.6 Å². The number of benzene rings is 2. The van der Waals surface area contributed by atoms with Crippen molar-refractivity contribution in [2.24, 2.45) is 0 Å². The Bertz CT molecular complexity index is 1400. The van der Waals surface area contributed by atoms with Crippen molar-refractivity contribution in [3.05, 3.63) is 71.3 Å². The van der Waals surface area contributed by atoms with Gasteiger partial charge in [0.05, 0.1) is 59.3 Å². The van der Waals surface area contributed by atoms with E-state index in [1.807, 2.05) is 30.3 Å². The minimum Gasteiger partial charge on any atom is -0.382 e. The maximum absolute atomic E-state index is 13.1. The van der Waals surface area contributed by atoms with Crippen molar-refractivity contribution < 1.29 is 52.4 Å². The van der Waals surface area contributed by atoms with Gasteiger partial charge in [-0.15, -0.1) is 0 Å². The highest BCUT2D eigenvalue weighted by Gasteiger charge is 2.20. The van der Waals surface area contributed by atoms with E-state index in [0.717, 1.165) is 31.2 Å². The largest absolute Gasteiger partial charge is 0.382 e. The second kappa shape index (κ2) is 32.8. The smallest absolute Gasteiger partial charge is 0.246 e. The van der Waals surface area contributed by atoms with Gasteiger partial charge in [0, 0.05) is 33.7 Å². The normalized spacial score (nSPS) is 11.5. The Kier molecular flexibility index (Phi) is 28.1. The third-order valence-corrected chi connectivity index (χ3v) is 8.54. The predicted octanol–water partition coefficient (Wildman–Crippen LogP) is 2.46. The number of unbranched alkanes of at least 4 members (excludes halogenated alkanes) is 2. The van der Waals surface area contributed by atoms with Gasteiger partial charge in [-0.25, -0.2) is 0 Å². The number of amides is 5. The summed E-state index contributed by atoms with van der Waals surface area (Å²) in [6, 6.07) is 17.5. The summed E-state index contributed by atoms with van der Waals surface area (Å²) in [6.45, 7) is 3.14. The van der Waals surface area contributed by atoms with Crippen LogP contribution in [0.25, 0.3) is 0 Å². The van der Waals surface area contributed by atoms with Gasteiger partial charge in [-0.1, -0.05) is 54.6 Å². The first kappa shape index (κ1) is 48.9. The second-order valence-corrected chi connectivity index (χ2v) is 13.3. The van der Waals surface area contributed by atoms with Crippen molar-refractivity contribution in [2.45, 2.75) is 70.3 Å². The fourth-order valence-electron chi connectivity index (χ4n) is 5.47. The summed E-state index contributed by atoms with van der Waals surface area (Å²) in [5.41, 5.74) is 3.37. The average molecular weight is 801 g/mol. The van der Waals surface area contributed by atoms with Crippen LogP contribution >= 0.6 is 0 Å². The molecule has 0 unspecified atom stereocenters. The van der Waals surface area contributed by atoms with Gasteiger partial charge in [0.1, 0.15) is 19.3 Å². The lowest BCUT2D eigenvalue weighted by Gasteiger charge is -2.19. The molecule has 1 atom stereocenters. The van der Waals surface area contributed by atoms with Crippen LogP contribution in [0.4, 0.5) is 0 Å².